The van der Waals surface area contributed by atoms with Gasteiger partial charge in [-0.1, -0.05) is 32.3 Å². The Kier molecular flexibility index (Phi) is 4.61. The molecule has 0 rings (SSSR count). The molecule has 1 nitrogen and oxygen atoms in total. The third kappa shape index (κ3) is 4.15. The third-order valence-electron chi connectivity index (χ3n) is 3.12. The first kappa shape index (κ1) is 15.5. The molecule has 1 unspecified atom stereocenters. The second kappa shape index (κ2) is 4.77. The fraction of sp³-hybridized carbons (Fsp3) is 0.714. The molecule has 0 radical (unpaired) electrons. The lowest BCUT2D eigenvalue weighted by Gasteiger charge is -2.41. The number of rotatable bonds is 3. The van der Waals surface area contributed by atoms with Crippen LogP contribution in [0, 0.1) is 12.3 Å². The van der Waals surface area contributed by atoms with E-state index in [1.807, 2.05) is 26.8 Å². The molecule has 1 atom stereocenters. The molecule has 0 spiro atoms. The highest BCUT2D eigenvalue weighted by molar-refractivity contribution is 6.74. The zero-order chi connectivity index (χ0) is 13.2. The van der Waals surface area contributed by atoms with Gasteiger partial charge in [0.15, 0.2) is 8.32 Å². The van der Waals surface area contributed by atoms with Crippen molar-refractivity contribution in [2.24, 2.45) is 0 Å². The van der Waals surface area contributed by atoms with Gasteiger partial charge in [-0.05, 0) is 45.0 Å². The SMILES string of the molecule is C#CC(C)(C=C(C)C)O[Si](C)(C)C(C)(C)C. The molecule has 0 aliphatic heterocycles. The van der Waals surface area contributed by atoms with E-state index in [9.17, 15) is 0 Å². The molecule has 16 heavy (non-hydrogen) atoms. The van der Waals surface area contributed by atoms with Gasteiger partial charge in [-0.3, -0.25) is 0 Å². The minimum Gasteiger partial charge on any atom is -0.398 e. The number of hydrogen-bond donors (Lipinski definition) is 0. The molecule has 0 aromatic carbocycles. The van der Waals surface area contributed by atoms with E-state index in [4.69, 9.17) is 10.8 Å². The van der Waals surface area contributed by atoms with Gasteiger partial charge < -0.3 is 4.43 Å². The Bertz CT molecular complexity index is 311. The summed E-state index contributed by atoms with van der Waals surface area (Å²) >= 11 is 0. The molecule has 0 aromatic heterocycles. The van der Waals surface area contributed by atoms with Crippen molar-refractivity contribution in [3.8, 4) is 12.3 Å². The lowest BCUT2D eigenvalue weighted by Crippen LogP contribution is -2.47. The second-order valence-corrected chi connectivity index (χ2v) is 11.1. The van der Waals surface area contributed by atoms with Crippen molar-refractivity contribution in [2.45, 2.75) is 65.3 Å². The molecule has 0 fully saturated rings. The smallest absolute Gasteiger partial charge is 0.194 e. The van der Waals surface area contributed by atoms with Crippen LogP contribution in [0.4, 0.5) is 0 Å². The first-order valence-corrected chi connectivity index (χ1v) is 8.68. The van der Waals surface area contributed by atoms with Gasteiger partial charge in [-0.2, -0.15) is 0 Å². The molecule has 0 aliphatic carbocycles. The molecule has 0 heterocycles. The Labute approximate surface area is 102 Å². The summed E-state index contributed by atoms with van der Waals surface area (Å²) < 4.78 is 6.28. The average Bonchev–Trinajstić information content (AvgIpc) is 1.99. The van der Waals surface area contributed by atoms with Gasteiger partial charge in [0.1, 0.15) is 5.60 Å². The molecule has 0 bridgehead atoms. The first-order chi connectivity index (χ1) is 6.93. The van der Waals surface area contributed by atoms with Crippen molar-refractivity contribution in [1.82, 2.24) is 0 Å². The van der Waals surface area contributed by atoms with E-state index in [2.05, 4.69) is 39.8 Å². The van der Waals surface area contributed by atoms with Crippen molar-refractivity contribution in [3.05, 3.63) is 11.6 Å². The van der Waals surface area contributed by atoms with Crippen LogP contribution in [0.5, 0.6) is 0 Å². The lowest BCUT2D eigenvalue weighted by atomic mass is 10.1. The van der Waals surface area contributed by atoms with Crippen LogP contribution in [0.2, 0.25) is 18.1 Å². The van der Waals surface area contributed by atoms with Gasteiger partial charge in [0, 0.05) is 0 Å². The molecule has 0 amide bonds. The highest BCUT2D eigenvalue weighted by Crippen LogP contribution is 2.39. The van der Waals surface area contributed by atoms with E-state index < -0.39 is 13.9 Å². The highest BCUT2D eigenvalue weighted by Gasteiger charge is 2.41. The summed E-state index contributed by atoms with van der Waals surface area (Å²) in [6, 6.07) is 0. The summed E-state index contributed by atoms with van der Waals surface area (Å²) in [6.45, 7) is 17.2. The molecule has 92 valence electrons. The number of hydrogen-bond acceptors (Lipinski definition) is 1. The zero-order valence-corrected chi connectivity index (χ0v) is 13.1. The van der Waals surface area contributed by atoms with E-state index in [0.717, 1.165) is 0 Å². The number of allylic oxidation sites excluding steroid dienone is 1. The summed E-state index contributed by atoms with van der Waals surface area (Å²) in [6.07, 6.45) is 7.64. The molecule has 2 heteroatoms. The van der Waals surface area contributed by atoms with Crippen LogP contribution in [-0.2, 0) is 4.43 Å². The van der Waals surface area contributed by atoms with E-state index in [-0.39, 0.29) is 5.04 Å². The molecule has 0 aliphatic rings. The van der Waals surface area contributed by atoms with Gasteiger partial charge in [-0.15, -0.1) is 6.42 Å². The number of terminal acetylenes is 1. The highest BCUT2D eigenvalue weighted by atomic mass is 28.4. The van der Waals surface area contributed by atoms with Crippen molar-refractivity contribution in [3.63, 3.8) is 0 Å². The zero-order valence-electron chi connectivity index (χ0n) is 12.1. The van der Waals surface area contributed by atoms with Crippen molar-refractivity contribution < 1.29 is 4.43 Å². The van der Waals surface area contributed by atoms with E-state index in [0.29, 0.717) is 0 Å². The van der Waals surface area contributed by atoms with Crippen molar-refractivity contribution >= 4 is 8.32 Å². The Hall–Kier alpha value is -0.523. The van der Waals surface area contributed by atoms with Crippen LogP contribution in [0.15, 0.2) is 11.6 Å². The van der Waals surface area contributed by atoms with E-state index >= 15 is 0 Å². The molecule has 0 saturated heterocycles. The molecular formula is C14H26OSi. The summed E-state index contributed by atoms with van der Waals surface area (Å²) in [4.78, 5) is 0. The maximum absolute atomic E-state index is 6.28. The van der Waals surface area contributed by atoms with E-state index in [1.165, 1.54) is 5.57 Å². The van der Waals surface area contributed by atoms with E-state index in [1.54, 1.807) is 0 Å². The lowest BCUT2D eigenvalue weighted by molar-refractivity contribution is 0.179. The monoisotopic (exact) mass is 238 g/mol. The maximum atomic E-state index is 6.28. The Morgan fingerprint density at radius 1 is 1.19 bits per heavy atom. The van der Waals surface area contributed by atoms with Gasteiger partial charge in [0.05, 0.1) is 0 Å². The predicted molar refractivity (Wildman–Crippen MR) is 75.0 cm³/mol. The summed E-state index contributed by atoms with van der Waals surface area (Å²) in [5, 5.41) is 0.181. The fourth-order valence-electron chi connectivity index (χ4n) is 1.33. The van der Waals surface area contributed by atoms with Gasteiger partial charge in [0.2, 0.25) is 0 Å². The minimum absolute atomic E-state index is 0.181. The average molecular weight is 238 g/mol. The standard InChI is InChI=1S/C14H26OSi/c1-10-14(7,11-12(2)3)15-16(8,9)13(4,5)6/h1,11H,2-9H3. The molecule has 0 saturated carbocycles. The van der Waals surface area contributed by atoms with Gasteiger partial charge >= 0.3 is 0 Å². The van der Waals surface area contributed by atoms with Crippen LogP contribution < -0.4 is 0 Å². The molecule has 0 N–H and O–H groups in total. The normalized spacial score (nSPS) is 16.2. The largest absolute Gasteiger partial charge is 0.398 e. The van der Waals surface area contributed by atoms with Crippen LogP contribution in [0.3, 0.4) is 0 Å². The predicted octanol–water partition coefficient (Wildman–Crippen LogP) is 4.37. The fourth-order valence-corrected chi connectivity index (χ4v) is 2.82. The van der Waals surface area contributed by atoms with Crippen LogP contribution in [-0.4, -0.2) is 13.9 Å². The first-order valence-electron chi connectivity index (χ1n) is 5.77. The quantitative estimate of drug-likeness (QED) is 0.403. The Morgan fingerprint density at radius 3 is 1.88 bits per heavy atom. The van der Waals surface area contributed by atoms with Crippen LogP contribution >= 0.6 is 0 Å². The molecular weight excluding hydrogens is 212 g/mol. The second-order valence-electron chi connectivity index (χ2n) is 6.34. The Balaban J connectivity index is 5.10. The molecule has 0 aromatic rings. The van der Waals surface area contributed by atoms with Gasteiger partial charge in [-0.25, -0.2) is 0 Å². The van der Waals surface area contributed by atoms with Crippen LogP contribution in [0.1, 0.15) is 41.5 Å². The summed E-state index contributed by atoms with van der Waals surface area (Å²) in [5.74, 6) is 2.77. The third-order valence-corrected chi connectivity index (χ3v) is 7.67. The summed E-state index contributed by atoms with van der Waals surface area (Å²) in [7, 11) is -1.82. The van der Waals surface area contributed by atoms with Crippen molar-refractivity contribution in [2.75, 3.05) is 0 Å². The van der Waals surface area contributed by atoms with Gasteiger partial charge in [0.25, 0.3) is 0 Å². The topological polar surface area (TPSA) is 9.23 Å². The van der Waals surface area contributed by atoms with Crippen LogP contribution in [0.25, 0.3) is 0 Å². The Morgan fingerprint density at radius 2 is 1.62 bits per heavy atom. The van der Waals surface area contributed by atoms with Crippen molar-refractivity contribution in [1.29, 1.82) is 0 Å². The minimum atomic E-state index is -1.82. The maximum Gasteiger partial charge on any atom is 0.194 e. The summed E-state index contributed by atoms with van der Waals surface area (Å²) in [5.41, 5.74) is 0.626.